The Bertz CT molecular complexity index is 899. The number of esters is 1. The number of rotatable bonds is 9. The number of nitrogens with zero attached hydrogens (tertiary/aromatic N) is 1. The van der Waals surface area contributed by atoms with E-state index in [9.17, 15) is 9.59 Å². The first-order valence-corrected chi connectivity index (χ1v) is 9.61. The van der Waals surface area contributed by atoms with Gasteiger partial charge in [0.2, 0.25) is 5.91 Å². The summed E-state index contributed by atoms with van der Waals surface area (Å²) in [6.45, 7) is 0.599. The molecule has 0 aliphatic rings. The third kappa shape index (κ3) is 6.88. The van der Waals surface area contributed by atoms with Gasteiger partial charge in [-0.15, -0.1) is 0 Å². The molecule has 1 atom stereocenters. The van der Waals surface area contributed by atoms with Gasteiger partial charge in [-0.25, -0.2) is 0 Å². The number of hydrogen-bond donors (Lipinski definition) is 1. The van der Waals surface area contributed by atoms with Gasteiger partial charge >= 0.3 is 5.97 Å². The average Bonchev–Trinajstić information content (AvgIpc) is 2.78. The van der Waals surface area contributed by atoms with Crippen LogP contribution in [0.2, 0.25) is 0 Å². The summed E-state index contributed by atoms with van der Waals surface area (Å²) in [7, 11) is 0. The van der Waals surface area contributed by atoms with Crippen molar-refractivity contribution in [1.29, 1.82) is 0 Å². The van der Waals surface area contributed by atoms with E-state index < -0.39 is 5.92 Å². The molecule has 0 spiro atoms. The van der Waals surface area contributed by atoms with Crippen molar-refractivity contribution in [2.24, 2.45) is 5.92 Å². The second-order valence-electron chi connectivity index (χ2n) is 6.82. The highest BCUT2D eigenvalue weighted by Crippen LogP contribution is 2.16. The fraction of sp³-hybridized carbons (Fsp3) is 0.208. The van der Waals surface area contributed by atoms with E-state index in [1.165, 1.54) is 0 Å². The van der Waals surface area contributed by atoms with Crippen LogP contribution in [0.5, 0.6) is 0 Å². The van der Waals surface area contributed by atoms with Gasteiger partial charge in [-0.1, -0.05) is 60.7 Å². The van der Waals surface area contributed by atoms with Crippen molar-refractivity contribution in [3.63, 3.8) is 0 Å². The summed E-state index contributed by atoms with van der Waals surface area (Å²) in [5.74, 6) is -1.09. The summed E-state index contributed by atoms with van der Waals surface area (Å²) in [5.41, 5.74) is 2.87. The molecule has 5 heteroatoms. The number of amides is 1. The molecule has 1 N–H and O–H groups in total. The predicted octanol–water partition coefficient (Wildman–Crippen LogP) is 3.69. The minimum absolute atomic E-state index is 0.0770. The molecule has 0 aliphatic heterocycles. The van der Waals surface area contributed by atoms with Crippen molar-refractivity contribution < 1.29 is 14.3 Å². The fourth-order valence-electron chi connectivity index (χ4n) is 2.98. The normalized spacial score (nSPS) is 11.4. The average molecular weight is 388 g/mol. The fourth-order valence-corrected chi connectivity index (χ4v) is 2.98. The maximum absolute atomic E-state index is 12.7. The summed E-state index contributed by atoms with van der Waals surface area (Å²) in [5, 5.41) is 2.87. The zero-order valence-corrected chi connectivity index (χ0v) is 16.2. The van der Waals surface area contributed by atoms with Gasteiger partial charge in [0.15, 0.2) is 0 Å². The number of carbonyl (C=O) groups excluding carboxylic acids is 2. The summed E-state index contributed by atoms with van der Waals surface area (Å²) in [6, 6.07) is 22.9. The standard InChI is InChI=1S/C24H24N2O3/c27-23(26-17-20-11-13-25-14-12-20)16-22(15-19-7-3-1-4-8-19)24(28)29-18-21-9-5-2-6-10-21/h1-14,22H,15-18H2,(H,26,27)/t22-/m1/s1. The van der Waals surface area contributed by atoms with Gasteiger partial charge in [-0.3, -0.25) is 14.6 Å². The number of nitrogens with one attached hydrogen (secondary N) is 1. The second kappa shape index (κ2) is 10.8. The van der Waals surface area contributed by atoms with Crippen molar-refractivity contribution in [2.45, 2.75) is 26.0 Å². The molecular formula is C24H24N2O3. The zero-order valence-electron chi connectivity index (χ0n) is 16.2. The lowest BCUT2D eigenvalue weighted by Gasteiger charge is -2.16. The van der Waals surface area contributed by atoms with Crippen LogP contribution in [-0.2, 0) is 33.9 Å². The van der Waals surface area contributed by atoms with Crippen LogP contribution in [0.1, 0.15) is 23.1 Å². The Labute approximate surface area is 170 Å². The highest BCUT2D eigenvalue weighted by atomic mass is 16.5. The largest absolute Gasteiger partial charge is 0.461 e. The molecule has 0 saturated carbocycles. The van der Waals surface area contributed by atoms with Crippen LogP contribution in [0.3, 0.4) is 0 Å². The molecule has 2 aromatic carbocycles. The molecule has 0 fully saturated rings. The number of ether oxygens (including phenoxy) is 1. The van der Waals surface area contributed by atoms with E-state index in [1.807, 2.05) is 72.8 Å². The van der Waals surface area contributed by atoms with Crippen molar-refractivity contribution in [3.05, 3.63) is 102 Å². The molecule has 3 rings (SSSR count). The third-order valence-corrected chi connectivity index (χ3v) is 4.55. The number of pyridine rings is 1. The van der Waals surface area contributed by atoms with Gasteiger partial charge in [0.1, 0.15) is 6.61 Å². The Kier molecular flexibility index (Phi) is 7.52. The Morgan fingerprint density at radius 2 is 1.45 bits per heavy atom. The molecular weight excluding hydrogens is 364 g/mol. The van der Waals surface area contributed by atoms with Crippen LogP contribution < -0.4 is 5.32 Å². The highest BCUT2D eigenvalue weighted by molar-refractivity contribution is 5.83. The van der Waals surface area contributed by atoms with Crippen molar-refractivity contribution >= 4 is 11.9 Å². The molecule has 0 radical (unpaired) electrons. The molecule has 0 aliphatic carbocycles. The van der Waals surface area contributed by atoms with Crippen LogP contribution in [0, 0.1) is 5.92 Å². The third-order valence-electron chi connectivity index (χ3n) is 4.55. The van der Waals surface area contributed by atoms with E-state index in [4.69, 9.17) is 4.74 Å². The quantitative estimate of drug-likeness (QED) is 0.568. The van der Waals surface area contributed by atoms with Crippen molar-refractivity contribution in [1.82, 2.24) is 10.3 Å². The molecule has 0 unspecified atom stereocenters. The minimum Gasteiger partial charge on any atom is -0.461 e. The van der Waals surface area contributed by atoms with E-state index in [-0.39, 0.29) is 24.9 Å². The number of benzene rings is 2. The molecule has 1 heterocycles. The summed E-state index contributed by atoms with van der Waals surface area (Å²) >= 11 is 0. The topological polar surface area (TPSA) is 68.3 Å². The smallest absolute Gasteiger partial charge is 0.310 e. The number of hydrogen-bond acceptors (Lipinski definition) is 4. The lowest BCUT2D eigenvalue weighted by Crippen LogP contribution is -2.30. The molecule has 0 bridgehead atoms. The molecule has 1 aromatic heterocycles. The van der Waals surface area contributed by atoms with Gasteiger partial charge in [0.25, 0.3) is 0 Å². The van der Waals surface area contributed by atoms with Crippen LogP contribution in [0.25, 0.3) is 0 Å². The summed E-state index contributed by atoms with van der Waals surface area (Å²) in [6.07, 6.45) is 3.89. The van der Waals surface area contributed by atoms with E-state index >= 15 is 0 Å². The zero-order chi connectivity index (χ0) is 20.3. The first-order valence-electron chi connectivity index (χ1n) is 9.61. The van der Waals surface area contributed by atoms with Crippen molar-refractivity contribution in [2.75, 3.05) is 0 Å². The van der Waals surface area contributed by atoms with Crippen molar-refractivity contribution in [3.8, 4) is 0 Å². The monoisotopic (exact) mass is 388 g/mol. The summed E-state index contributed by atoms with van der Waals surface area (Å²) in [4.78, 5) is 29.1. The SMILES string of the molecule is O=C(C[C@@H](Cc1ccccc1)C(=O)OCc1ccccc1)NCc1ccncc1. The number of aromatic nitrogens is 1. The van der Waals surface area contributed by atoms with E-state index in [2.05, 4.69) is 10.3 Å². The molecule has 5 nitrogen and oxygen atoms in total. The predicted molar refractivity (Wildman–Crippen MR) is 111 cm³/mol. The van der Waals surface area contributed by atoms with Gasteiger partial charge in [-0.2, -0.15) is 0 Å². The maximum Gasteiger partial charge on any atom is 0.310 e. The molecule has 1 amide bonds. The van der Waals surface area contributed by atoms with E-state index in [0.717, 1.165) is 16.7 Å². The van der Waals surface area contributed by atoms with Gasteiger partial charge in [-0.05, 0) is 35.2 Å². The second-order valence-corrected chi connectivity index (χ2v) is 6.82. The molecule has 29 heavy (non-hydrogen) atoms. The summed E-state index contributed by atoms with van der Waals surface area (Å²) < 4.78 is 5.50. The van der Waals surface area contributed by atoms with Crippen LogP contribution in [-0.4, -0.2) is 16.9 Å². The van der Waals surface area contributed by atoms with E-state index in [1.54, 1.807) is 12.4 Å². The van der Waals surface area contributed by atoms with Gasteiger partial charge in [0.05, 0.1) is 5.92 Å². The lowest BCUT2D eigenvalue weighted by molar-refractivity contribution is -0.151. The highest BCUT2D eigenvalue weighted by Gasteiger charge is 2.24. The maximum atomic E-state index is 12.7. The first kappa shape index (κ1) is 20.3. The Hall–Kier alpha value is -3.47. The molecule has 0 saturated heterocycles. The molecule has 148 valence electrons. The molecule has 3 aromatic rings. The Morgan fingerprint density at radius 1 is 0.828 bits per heavy atom. The number of carbonyl (C=O) groups is 2. The van der Waals surface area contributed by atoms with E-state index in [0.29, 0.717) is 13.0 Å². The Balaban J connectivity index is 1.60. The van der Waals surface area contributed by atoms with Crippen LogP contribution >= 0.6 is 0 Å². The minimum atomic E-state index is -0.543. The Morgan fingerprint density at radius 3 is 2.10 bits per heavy atom. The first-order chi connectivity index (χ1) is 14.2. The van der Waals surface area contributed by atoms with Gasteiger partial charge in [0, 0.05) is 25.4 Å². The lowest BCUT2D eigenvalue weighted by atomic mass is 9.96. The van der Waals surface area contributed by atoms with Crippen LogP contribution in [0.15, 0.2) is 85.2 Å². The van der Waals surface area contributed by atoms with Gasteiger partial charge < -0.3 is 10.1 Å². The van der Waals surface area contributed by atoms with Crippen LogP contribution in [0.4, 0.5) is 0 Å².